The van der Waals surface area contributed by atoms with E-state index >= 15 is 0 Å². The summed E-state index contributed by atoms with van der Waals surface area (Å²) < 4.78 is 0. The molecule has 0 aliphatic rings. The number of rotatable bonds is 2. The molecule has 2 aromatic carbocycles. The van der Waals surface area contributed by atoms with Crippen LogP contribution in [-0.4, -0.2) is 22.2 Å². The molecule has 2 aromatic rings. The van der Waals surface area contributed by atoms with E-state index < -0.39 is 11.9 Å². The number of carbonyl (C=O) groups is 2. The second-order valence-corrected chi connectivity index (χ2v) is 3.85. The van der Waals surface area contributed by atoms with Gasteiger partial charge in [-0.2, -0.15) is 0 Å². The maximum atomic E-state index is 10.4. The molecule has 98 valence electrons. The minimum atomic E-state index is -0.879. The lowest BCUT2D eigenvalue weighted by Gasteiger charge is -1.93. The van der Waals surface area contributed by atoms with E-state index in [1.807, 2.05) is 13.0 Å². The fraction of sp³-hybridized carbons (Fsp3) is 0.0667. The Hall–Kier alpha value is -2.62. The summed E-state index contributed by atoms with van der Waals surface area (Å²) >= 11 is 0. The Bertz CT molecular complexity index is 561. The van der Waals surface area contributed by atoms with Gasteiger partial charge in [-0.15, -0.1) is 0 Å². The summed E-state index contributed by atoms with van der Waals surface area (Å²) in [7, 11) is 0. The Kier molecular flexibility index (Phi) is 5.29. The van der Waals surface area contributed by atoms with Crippen LogP contribution >= 0.6 is 0 Å². The molecule has 0 amide bonds. The Balaban J connectivity index is 0.000000191. The van der Waals surface area contributed by atoms with Gasteiger partial charge in [0, 0.05) is 0 Å². The Morgan fingerprint density at radius 1 is 0.789 bits per heavy atom. The first-order valence-electron chi connectivity index (χ1n) is 5.59. The van der Waals surface area contributed by atoms with Crippen LogP contribution in [0.25, 0.3) is 0 Å². The molecule has 0 radical (unpaired) electrons. The van der Waals surface area contributed by atoms with Crippen molar-refractivity contribution in [2.45, 2.75) is 6.92 Å². The normalized spacial score (nSPS) is 9.11. The zero-order chi connectivity index (χ0) is 14.3. The molecule has 0 spiro atoms. The van der Waals surface area contributed by atoms with Gasteiger partial charge in [0.25, 0.3) is 0 Å². The van der Waals surface area contributed by atoms with Crippen LogP contribution in [-0.2, 0) is 0 Å². The molecule has 4 heteroatoms. The molecule has 2 N–H and O–H groups in total. The smallest absolute Gasteiger partial charge is 0.335 e. The van der Waals surface area contributed by atoms with Crippen molar-refractivity contribution in [3.8, 4) is 0 Å². The van der Waals surface area contributed by atoms with Gasteiger partial charge in [0.1, 0.15) is 0 Å². The number of benzene rings is 2. The van der Waals surface area contributed by atoms with Gasteiger partial charge in [0.05, 0.1) is 11.1 Å². The zero-order valence-electron chi connectivity index (χ0n) is 10.4. The molecule has 0 aromatic heterocycles. The van der Waals surface area contributed by atoms with E-state index in [1.165, 1.54) is 0 Å². The molecule has 19 heavy (non-hydrogen) atoms. The van der Waals surface area contributed by atoms with E-state index in [1.54, 1.807) is 48.5 Å². The first kappa shape index (κ1) is 14.4. The topological polar surface area (TPSA) is 74.6 Å². The molecule has 0 unspecified atom stereocenters. The van der Waals surface area contributed by atoms with Crippen LogP contribution in [0.4, 0.5) is 0 Å². The summed E-state index contributed by atoms with van der Waals surface area (Å²) in [6.45, 7) is 1.87. The summed E-state index contributed by atoms with van der Waals surface area (Å²) in [5, 5.41) is 16.9. The van der Waals surface area contributed by atoms with Crippen molar-refractivity contribution in [2.75, 3.05) is 0 Å². The fourth-order valence-electron chi connectivity index (χ4n) is 1.36. The van der Waals surface area contributed by atoms with Crippen LogP contribution in [0.15, 0.2) is 54.6 Å². The molecule has 0 heterocycles. The fourth-order valence-corrected chi connectivity index (χ4v) is 1.36. The average Bonchev–Trinajstić information content (AvgIpc) is 2.40. The number of carboxylic acid groups (broad SMARTS) is 2. The van der Waals surface area contributed by atoms with Crippen LogP contribution in [0.5, 0.6) is 0 Å². The summed E-state index contributed by atoms with van der Waals surface area (Å²) in [4.78, 5) is 20.6. The Morgan fingerprint density at radius 2 is 1.32 bits per heavy atom. The molecule has 0 bridgehead atoms. The highest BCUT2D eigenvalue weighted by atomic mass is 16.4. The summed E-state index contributed by atoms with van der Waals surface area (Å²) in [5.41, 5.74) is 1.65. The minimum Gasteiger partial charge on any atom is -0.478 e. The van der Waals surface area contributed by atoms with E-state index in [0.29, 0.717) is 11.1 Å². The largest absolute Gasteiger partial charge is 0.478 e. The lowest BCUT2D eigenvalue weighted by Crippen LogP contribution is -1.95. The van der Waals surface area contributed by atoms with Crippen molar-refractivity contribution in [1.82, 2.24) is 0 Å². The number of aryl methyl sites for hydroxylation is 1. The molecular formula is C15H14O4. The molecular weight excluding hydrogens is 244 g/mol. The van der Waals surface area contributed by atoms with Crippen molar-refractivity contribution in [3.05, 3.63) is 71.3 Å². The molecule has 0 fully saturated rings. The highest BCUT2D eigenvalue weighted by Gasteiger charge is 1.99. The third-order valence-corrected chi connectivity index (χ3v) is 2.29. The first-order valence-corrected chi connectivity index (χ1v) is 5.59. The van der Waals surface area contributed by atoms with E-state index in [-0.39, 0.29) is 0 Å². The number of hydrogen-bond acceptors (Lipinski definition) is 2. The second kappa shape index (κ2) is 6.96. The predicted octanol–water partition coefficient (Wildman–Crippen LogP) is 3.08. The standard InChI is InChI=1S/C8H8O2.C7H6O2/c1-6-3-2-4-7(5-6)8(9)10;8-7(9)6-4-2-1-3-5-6/h2-5H,1H3,(H,9,10);1-5H,(H,8,9). The van der Waals surface area contributed by atoms with E-state index in [0.717, 1.165) is 5.56 Å². The number of hydrogen-bond donors (Lipinski definition) is 2. The molecule has 0 aliphatic carbocycles. The SMILES string of the molecule is Cc1cccc(C(=O)O)c1.O=C(O)c1ccccc1. The maximum absolute atomic E-state index is 10.4. The molecule has 4 nitrogen and oxygen atoms in total. The van der Waals surface area contributed by atoms with Crippen LogP contribution in [0.3, 0.4) is 0 Å². The third kappa shape index (κ3) is 5.04. The molecule has 0 saturated heterocycles. The van der Waals surface area contributed by atoms with Crippen molar-refractivity contribution >= 4 is 11.9 Å². The highest BCUT2D eigenvalue weighted by molar-refractivity contribution is 5.87. The zero-order valence-corrected chi connectivity index (χ0v) is 10.4. The monoisotopic (exact) mass is 258 g/mol. The van der Waals surface area contributed by atoms with Gasteiger partial charge in [0.2, 0.25) is 0 Å². The quantitative estimate of drug-likeness (QED) is 0.868. The van der Waals surface area contributed by atoms with Gasteiger partial charge in [-0.1, -0.05) is 35.9 Å². The lowest BCUT2D eigenvalue weighted by molar-refractivity contribution is 0.0686. The van der Waals surface area contributed by atoms with Crippen molar-refractivity contribution in [1.29, 1.82) is 0 Å². The van der Waals surface area contributed by atoms with Gasteiger partial charge in [0.15, 0.2) is 0 Å². The lowest BCUT2D eigenvalue weighted by atomic mass is 10.1. The maximum Gasteiger partial charge on any atom is 0.335 e. The van der Waals surface area contributed by atoms with Crippen LogP contribution < -0.4 is 0 Å². The summed E-state index contributed by atoms with van der Waals surface area (Å²) in [5.74, 6) is -1.75. The number of aromatic carboxylic acids is 2. The molecule has 0 saturated carbocycles. The van der Waals surface area contributed by atoms with E-state index in [2.05, 4.69) is 0 Å². The van der Waals surface area contributed by atoms with Gasteiger partial charge in [-0.25, -0.2) is 9.59 Å². The van der Waals surface area contributed by atoms with Crippen molar-refractivity contribution in [2.24, 2.45) is 0 Å². The van der Waals surface area contributed by atoms with Crippen LogP contribution in [0.2, 0.25) is 0 Å². The van der Waals surface area contributed by atoms with Gasteiger partial charge < -0.3 is 10.2 Å². The first-order chi connectivity index (χ1) is 9.00. The van der Waals surface area contributed by atoms with Crippen LogP contribution in [0, 0.1) is 6.92 Å². The molecule has 2 rings (SSSR count). The minimum absolute atomic E-state index is 0.331. The number of carboxylic acids is 2. The Labute approximate surface area is 111 Å². The molecule has 0 atom stereocenters. The second-order valence-electron chi connectivity index (χ2n) is 3.85. The third-order valence-electron chi connectivity index (χ3n) is 2.29. The van der Waals surface area contributed by atoms with Gasteiger partial charge in [-0.3, -0.25) is 0 Å². The summed E-state index contributed by atoms with van der Waals surface area (Å²) in [6, 6.07) is 15.1. The predicted molar refractivity (Wildman–Crippen MR) is 71.5 cm³/mol. The van der Waals surface area contributed by atoms with E-state index in [4.69, 9.17) is 10.2 Å². The Morgan fingerprint density at radius 3 is 1.68 bits per heavy atom. The average molecular weight is 258 g/mol. The van der Waals surface area contributed by atoms with Gasteiger partial charge in [-0.05, 0) is 31.2 Å². The molecule has 0 aliphatic heterocycles. The summed E-state index contributed by atoms with van der Waals surface area (Å²) in [6.07, 6.45) is 0. The highest BCUT2D eigenvalue weighted by Crippen LogP contribution is 2.02. The van der Waals surface area contributed by atoms with Crippen molar-refractivity contribution < 1.29 is 19.8 Å². The van der Waals surface area contributed by atoms with Gasteiger partial charge >= 0.3 is 11.9 Å². The van der Waals surface area contributed by atoms with E-state index in [9.17, 15) is 9.59 Å². The van der Waals surface area contributed by atoms with Crippen LogP contribution in [0.1, 0.15) is 26.3 Å². The van der Waals surface area contributed by atoms with Crippen molar-refractivity contribution in [3.63, 3.8) is 0 Å².